The third-order valence-electron chi connectivity index (χ3n) is 5.66. The molecule has 2 aromatic rings. The highest BCUT2D eigenvalue weighted by Crippen LogP contribution is 2.26. The molecule has 8 nitrogen and oxygen atoms in total. The average Bonchev–Trinajstić information content (AvgIpc) is 3.44. The van der Waals surface area contributed by atoms with Gasteiger partial charge in [-0.3, -0.25) is 5.10 Å². The Morgan fingerprint density at radius 3 is 2.83 bits per heavy atom. The zero-order valence-electron chi connectivity index (χ0n) is 16.7. The lowest BCUT2D eigenvalue weighted by Crippen LogP contribution is -2.37. The molecule has 4 rings (SSSR count). The lowest BCUT2D eigenvalue weighted by atomic mass is 9.95. The van der Waals surface area contributed by atoms with Crippen LogP contribution in [-0.4, -0.2) is 59.0 Å². The van der Waals surface area contributed by atoms with Crippen LogP contribution in [0.5, 0.6) is 0 Å². The summed E-state index contributed by atoms with van der Waals surface area (Å²) < 4.78 is 10.7. The van der Waals surface area contributed by atoms with Gasteiger partial charge in [0.25, 0.3) is 0 Å². The molecule has 2 aliphatic rings. The number of hydrogen-bond acceptors (Lipinski definition) is 6. The molecule has 2 aliphatic heterocycles. The van der Waals surface area contributed by atoms with Gasteiger partial charge >= 0.3 is 6.09 Å². The Kier molecular flexibility index (Phi) is 6.74. The average molecular weight is 399 g/mol. The Labute approximate surface area is 171 Å². The van der Waals surface area contributed by atoms with Crippen molar-refractivity contribution >= 4 is 6.09 Å². The second-order valence-electron chi connectivity index (χ2n) is 7.86. The zero-order chi connectivity index (χ0) is 19.9. The molecule has 1 atom stereocenters. The predicted molar refractivity (Wildman–Crippen MR) is 107 cm³/mol. The van der Waals surface area contributed by atoms with Gasteiger partial charge in [0.1, 0.15) is 12.4 Å². The van der Waals surface area contributed by atoms with Gasteiger partial charge in [-0.1, -0.05) is 30.3 Å². The number of H-pyrrole nitrogens is 1. The van der Waals surface area contributed by atoms with Crippen LogP contribution in [0.2, 0.25) is 0 Å². The van der Waals surface area contributed by atoms with Gasteiger partial charge < -0.3 is 19.7 Å². The van der Waals surface area contributed by atoms with Crippen LogP contribution in [0.1, 0.15) is 42.4 Å². The summed E-state index contributed by atoms with van der Waals surface area (Å²) in [5, 5.41) is 10.0. The summed E-state index contributed by atoms with van der Waals surface area (Å²) in [5.74, 6) is 2.57. The SMILES string of the molecule is O=C(NCc1nc(C2CCN(C[C@H]3CCOC3)CC2)n[nH]1)OCc1ccccc1. The van der Waals surface area contributed by atoms with Crippen molar-refractivity contribution in [2.75, 3.05) is 32.8 Å². The van der Waals surface area contributed by atoms with E-state index >= 15 is 0 Å². The fourth-order valence-corrected chi connectivity index (χ4v) is 3.97. The first-order chi connectivity index (χ1) is 14.3. The second-order valence-corrected chi connectivity index (χ2v) is 7.86. The largest absolute Gasteiger partial charge is 0.445 e. The molecular weight excluding hydrogens is 370 g/mol. The van der Waals surface area contributed by atoms with Gasteiger partial charge in [0.15, 0.2) is 5.82 Å². The summed E-state index contributed by atoms with van der Waals surface area (Å²) in [7, 11) is 0. The van der Waals surface area contributed by atoms with Crippen molar-refractivity contribution in [2.24, 2.45) is 5.92 Å². The fourth-order valence-electron chi connectivity index (χ4n) is 3.97. The van der Waals surface area contributed by atoms with Gasteiger partial charge in [-0.15, -0.1) is 0 Å². The van der Waals surface area contributed by atoms with Crippen LogP contribution < -0.4 is 5.32 Å². The van der Waals surface area contributed by atoms with Gasteiger partial charge in [-0.2, -0.15) is 5.10 Å². The second kappa shape index (κ2) is 9.84. The van der Waals surface area contributed by atoms with E-state index in [9.17, 15) is 4.79 Å². The molecule has 1 aromatic heterocycles. The molecule has 0 aliphatic carbocycles. The summed E-state index contributed by atoms with van der Waals surface area (Å²) in [5.41, 5.74) is 0.955. The number of piperidine rings is 1. The molecular formula is C21H29N5O3. The topological polar surface area (TPSA) is 92.4 Å². The quantitative estimate of drug-likeness (QED) is 0.743. The minimum atomic E-state index is -0.462. The number of rotatable bonds is 7. The number of benzene rings is 1. The summed E-state index contributed by atoms with van der Waals surface area (Å²) in [6.07, 6.45) is 2.86. The predicted octanol–water partition coefficient (Wildman–Crippen LogP) is 2.45. The molecule has 0 radical (unpaired) electrons. The Bertz CT molecular complexity index is 768. The zero-order valence-corrected chi connectivity index (χ0v) is 16.7. The van der Waals surface area contributed by atoms with Crippen molar-refractivity contribution in [1.29, 1.82) is 0 Å². The van der Waals surface area contributed by atoms with Gasteiger partial charge in [-0.05, 0) is 43.8 Å². The van der Waals surface area contributed by atoms with Crippen molar-refractivity contribution in [2.45, 2.75) is 38.3 Å². The molecule has 2 fully saturated rings. The van der Waals surface area contributed by atoms with Gasteiger partial charge in [0, 0.05) is 19.1 Å². The van der Waals surface area contributed by atoms with Gasteiger partial charge in [-0.25, -0.2) is 9.78 Å². The number of nitrogens with zero attached hydrogens (tertiary/aromatic N) is 3. The highest BCUT2D eigenvalue weighted by Gasteiger charge is 2.26. The molecule has 0 spiro atoms. The Morgan fingerprint density at radius 2 is 2.07 bits per heavy atom. The summed E-state index contributed by atoms with van der Waals surface area (Å²) in [6.45, 7) is 5.64. The van der Waals surface area contributed by atoms with Crippen LogP contribution in [0.4, 0.5) is 4.79 Å². The number of carbonyl (C=O) groups excluding carboxylic acids is 1. The Morgan fingerprint density at radius 1 is 1.24 bits per heavy atom. The number of hydrogen-bond donors (Lipinski definition) is 2. The smallest absolute Gasteiger partial charge is 0.407 e. The van der Waals surface area contributed by atoms with E-state index in [1.54, 1.807) is 0 Å². The monoisotopic (exact) mass is 399 g/mol. The molecule has 2 saturated heterocycles. The summed E-state index contributed by atoms with van der Waals surface area (Å²) in [6, 6.07) is 9.60. The van der Waals surface area contributed by atoms with Crippen LogP contribution in [0.25, 0.3) is 0 Å². The van der Waals surface area contributed by atoms with Crippen LogP contribution >= 0.6 is 0 Å². The normalized spacial score (nSPS) is 20.6. The lowest BCUT2D eigenvalue weighted by molar-refractivity contribution is 0.139. The maximum Gasteiger partial charge on any atom is 0.407 e. The fraction of sp³-hybridized carbons (Fsp3) is 0.571. The number of nitrogens with one attached hydrogen (secondary N) is 2. The van der Waals surface area contributed by atoms with Gasteiger partial charge in [0.05, 0.1) is 13.2 Å². The first-order valence-electron chi connectivity index (χ1n) is 10.4. The highest BCUT2D eigenvalue weighted by molar-refractivity contribution is 5.67. The third kappa shape index (κ3) is 5.77. The van der Waals surface area contributed by atoms with E-state index in [0.29, 0.717) is 17.7 Å². The van der Waals surface area contributed by atoms with Crippen molar-refractivity contribution in [3.8, 4) is 0 Å². The van der Waals surface area contributed by atoms with E-state index in [4.69, 9.17) is 9.47 Å². The van der Waals surface area contributed by atoms with Crippen molar-refractivity contribution in [1.82, 2.24) is 25.4 Å². The van der Waals surface area contributed by atoms with Crippen molar-refractivity contribution < 1.29 is 14.3 Å². The number of aromatic nitrogens is 3. The Balaban J connectivity index is 1.17. The van der Waals surface area contributed by atoms with E-state index in [1.165, 1.54) is 6.42 Å². The highest BCUT2D eigenvalue weighted by atomic mass is 16.5. The molecule has 0 saturated carbocycles. The van der Waals surface area contributed by atoms with Crippen LogP contribution in [-0.2, 0) is 22.6 Å². The molecule has 2 N–H and O–H groups in total. The molecule has 1 amide bonds. The molecule has 1 aromatic carbocycles. The third-order valence-corrected chi connectivity index (χ3v) is 5.66. The molecule has 0 bridgehead atoms. The molecule has 29 heavy (non-hydrogen) atoms. The van der Waals surface area contributed by atoms with E-state index in [0.717, 1.165) is 57.1 Å². The van der Waals surface area contributed by atoms with Crippen LogP contribution in [0.15, 0.2) is 30.3 Å². The number of carbonyl (C=O) groups is 1. The number of likely N-dealkylation sites (tertiary alicyclic amines) is 1. The maximum absolute atomic E-state index is 11.9. The van der Waals surface area contributed by atoms with E-state index < -0.39 is 6.09 Å². The van der Waals surface area contributed by atoms with Crippen molar-refractivity contribution in [3.63, 3.8) is 0 Å². The molecule has 3 heterocycles. The van der Waals surface area contributed by atoms with Crippen LogP contribution in [0.3, 0.4) is 0 Å². The maximum atomic E-state index is 11.9. The number of alkyl carbamates (subject to hydrolysis) is 1. The van der Waals surface area contributed by atoms with E-state index in [1.807, 2.05) is 30.3 Å². The Hall–Kier alpha value is -2.45. The number of amides is 1. The number of aromatic amines is 1. The van der Waals surface area contributed by atoms with Crippen molar-refractivity contribution in [3.05, 3.63) is 47.5 Å². The molecule has 8 heteroatoms. The summed E-state index contributed by atoms with van der Waals surface area (Å²) in [4.78, 5) is 19.0. The minimum absolute atomic E-state index is 0.250. The molecule has 156 valence electrons. The standard InChI is InChI=1S/C21H29N5O3/c27-21(29-15-16-4-2-1-3-5-16)22-12-19-23-20(25-24-19)18-6-9-26(10-7-18)13-17-8-11-28-14-17/h1-5,17-18H,6-15H2,(H,22,27)(H,23,24,25)/t17-/m1/s1. The number of ether oxygens (including phenoxy) is 2. The first-order valence-corrected chi connectivity index (χ1v) is 10.4. The minimum Gasteiger partial charge on any atom is -0.445 e. The van der Waals surface area contributed by atoms with E-state index in [-0.39, 0.29) is 13.2 Å². The first kappa shape index (κ1) is 19.8. The van der Waals surface area contributed by atoms with Crippen LogP contribution in [0, 0.1) is 5.92 Å². The molecule has 0 unspecified atom stereocenters. The van der Waals surface area contributed by atoms with Gasteiger partial charge in [0.2, 0.25) is 0 Å². The lowest BCUT2D eigenvalue weighted by Gasteiger charge is -2.32. The summed E-state index contributed by atoms with van der Waals surface area (Å²) >= 11 is 0. The van der Waals surface area contributed by atoms with E-state index in [2.05, 4.69) is 25.4 Å².